The molecular weight excluding hydrogens is 234 g/mol. The van der Waals surface area contributed by atoms with Crippen LogP contribution in [0, 0.1) is 5.92 Å². The van der Waals surface area contributed by atoms with Gasteiger partial charge in [-0.2, -0.15) is 0 Å². The Bertz CT molecular complexity index is 466. The summed E-state index contributed by atoms with van der Waals surface area (Å²) in [7, 11) is 1.57. The van der Waals surface area contributed by atoms with E-state index in [4.69, 9.17) is 9.84 Å². The number of aliphatic carboxylic acids is 1. The largest absolute Gasteiger partial charge is 0.481 e. The molecule has 0 aromatic heterocycles. The molecule has 0 spiro atoms. The van der Waals surface area contributed by atoms with Gasteiger partial charge in [0.1, 0.15) is 0 Å². The topological polar surface area (TPSA) is 66.8 Å². The van der Waals surface area contributed by atoms with Gasteiger partial charge in [0.2, 0.25) is 0 Å². The summed E-state index contributed by atoms with van der Waals surface area (Å²) < 4.78 is 5.04. The molecule has 0 radical (unpaired) electrons. The molecule has 2 rings (SSSR count). The number of benzene rings is 1. The van der Waals surface area contributed by atoms with Gasteiger partial charge in [0.25, 0.3) is 5.91 Å². The highest BCUT2D eigenvalue weighted by atomic mass is 16.5. The summed E-state index contributed by atoms with van der Waals surface area (Å²) in [5, 5.41) is 8.78. The Labute approximate surface area is 105 Å². The van der Waals surface area contributed by atoms with Crippen LogP contribution in [0.4, 0.5) is 0 Å². The Morgan fingerprint density at radius 3 is 2.67 bits per heavy atom. The van der Waals surface area contributed by atoms with Gasteiger partial charge in [-0.25, -0.2) is 0 Å². The minimum atomic E-state index is -0.843. The number of rotatable bonds is 4. The van der Waals surface area contributed by atoms with Crippen LogP contribution in [0.15, 0.2) is 24.3 Å². The number of methoxy groups -OCH3 is 1. The Balaban J connectivity index is 2.08. The van der Waals surface area contributed by atoms with E-state index in [1.165, 1.54) is 0 Å². The molecule has 1 fully saturated rings. The van der Waals surface area contributed by atoms with Gasteiger partial charge in [0.15, 0.2) is 0 Å². The van der Waals surface area contributed by atoms with E-state index in [9.17, 15) is 9.59 Å². The lowest BCUT2D eigenvalue weighted by Gasteiger charge is -2.37. The molecule has 1 N–H and O–H groups in total. The summed E-state index contributed by atoms with van der Waals surface area (Å²) >= 11 is 0. The normalized spacial score (nSPS) is 15.3. The Kier molecular flexibility index (Phi) is 3.62. The van der Waals surface area contributed by atoms with Crippen molar-refractivity contribution in [2.24, 2.45) is 5.92 Å². The first kappa shape index (κ1) is 12.6. The van der Waals surface area contributed by atoms with Crippen molar-refractivity contribution in [1.82, 2.24) is 4.90 Å². The number of carbonyl (C=O) groups excluding carboxylic acids is 1. The minimum Gasteiger partial charge on any atom is -0.481 e. The van der Waals surface area contributed by atoms with Gasteiger partial charge in [0, 0.05) is 25.8 Å². The molecule has 1 aromatic rings. The molecule has 96 valence electrons. The second-order valence-corrected chi connectivity index (χ2v) is 4.34. The monoisotopic (exact) mass is 249 g/mol. The van der Waals surface area contributed by atoms with Crippen LogP contribution >= 0.6 is 0 Å². The highest BCUT2D eigenvalue weighted by Crippen LogP contribution is 2.21. The van der Waals surface area contributed by atoms with Gasteiger partial charge in [0.05, 0.1) is 12.5 Å². The first-order valence-corrected chi connectivity index (χ1v) is 5.72. The molecule has 0 bridgehead atoms. The van der Waals surface area contributed by atoms with Crippen molar-refractivity contribution in [2.45, 2.75) is 6.61 Å². The number of nitrogens with zero attached hydrogens (tertiary/aromatic N) is 1. The number of amides is 1. The summed E-state index contributed by atoms with van der Waals surface area (Å²) in [4.78, 5) is 24.4. The maximum Gasteiger partial charge on any atom is 0.310 e. The molecule has 1 saturated heterocycles. The van der Waals surface area contributed by atoms with Crippen LogP contribution in [0.25, 0.3) is 0 Å². The molecule has 0 saturated carbocycles. The van der Waals surface area contributed by atoms with E-state index in [1.54, 1.807) is 24.1 Å². The van der Waals surface area contributed by atoms with Gasteiger partial charge in [-0.15, -0.1) is 0 Å². The van der Waals surface area contributed by atoms with Crippen molar-refractivity contribution >= 4 is 11.9 Å². The Morgan fingerprint density at radius 1 is 1.39 bits per heavy atom. The van der Waals surface area contributed by atoms with Crippen molar-refractivity contribution in [3.63, 3.8) is 0 Å². The zero-order valence-electron chi connectivity index (χ0n) is 10.1. The number of ether oxygens (including phenoxy) is 1. The van der Waals surface area contributed by atoms with E-state index in [1.807, 2.05) is 12.1 Å². The molecule has 1 heterocycles. The Hall–Kier alpha value is -1.88. The molecule has 0 unspecified atom stereocenters. The summed E-state index contributed by atoms with van der Waals surface area (Å²) in [5.41, 5.74) is 1.41. The van der Waals surface area contributed by atoms with Gasteiger partial charge < -0.3 is 14.7 Å². The van der Waals surface area contributed by atoms with Crippen molar-refractivity contribution in [2.75, 3.05) is 20.2 Å². The maximum atomic E-state index is 12.2. The molecular formula is C13H15NO4. The van der Waals surface area contributed by atoms with Crippen molar-refractivity contribution in [3.05, 3.63) is 35.4 Å². The number of hydrogen-bond acceptors (Lipinski definition) is 3. The van der Waals surface area contributed by atoms with Gasteiger partial charge >= 0.3 is 5.97 Å². The van der Waals surface area contributed by atoms with E-state index < -0.39 is 11.9 Å². The number of carboxylic acid groups (broad SMARTS) is 1. The fourth-order valence-corrected chi connectivity index (χ4v) is 1.98. The molecule has 1 aromatic carbocycles. The second-order valence-electron chi connectivity index (χ2n) is 4.34. The van der Waals surface area contributed by atoms with E-state index in [-0.39, 0.29) is 19.0 Å². The first-order chi connectivity index (χ1) is 8.63. The fourth-order valence-electron chi connectivity index (χ4n) is 1.98. The summed E-state index contributed by atoms with van der Waals surface area (Å²) in [6, 6.07) is 7.22. The van der Waals surface area contributed by atoms with Crippen LogP contribution < -0.4 is 0 Å². The van der Waals surface area contributed by atoms with Crippen LogP contribution in [0.1, 0.15) is 15.9 Å². The quantitative estimate of drug-likeness (QED) is 0.864. The number of carbonyl (C=O) groups is 2. The van der Waals surface area contributed by atoms with Gasteiger partial charge in [-0.05, 0) is 11.6 Å². The molecule has 0 aliphatic carbocycles. The highest BCUT2D eigenvalue weighted by molar-refractivity contribution is 5.97. The minimum absolute atomic E-state index is 0.125. The average Bonchev–Trinajstić information content (AvgIpc) is 2.27. The van der Waals surface area contributed by atoms with Crippen LogP contribution in [0.3, 0.4) is 0 Å². The predicted molar refractivity (Wildman–Crippen MR) is 64.2 cm³/mol. The van der Waals surface area contributed by atoms with Crippen molar-refractivity contribution in [3.8, 4) is 0 Å². The highest BCUT2D eigenvalue weighted by Gasteiger charge is 2.36. The first-order valence-electron chi connectivity index (χ1n) is 5.72. The molecule has 0 atom stereocenters. The number of carboxylic acids is 1. The summed E-state index contributed by atoms with van der Waals surface area (Å²) in [6.07, 6.45) is 0. The van der Waals surface area contributed by atoms with Crippen LogP contribution in [-0.4, -0.2) is 42.1 Å². The van der Waals surface area contributed by atoms with Crippen LogP contribution in [-0.2, 0) is 16.1 Å². The third kappa shape index (κ3) is 2.36. The third-order valence-corrected chi connectivity index (χ3v) is 3.07. The Morgan fingerprint density at radius 2 is 2.06 bits per heavy atom. The fraction of sp³-hybridized carbons (Fsp3) is 0.385. The number of likely N-dealkylation sites (tertiary alicyclic amines) is 1. The van der Waals surface area contributed by atoms with E-state index in [0.717, 1.165) is 5.56 Å². The molecule has 1 aliphatic rings. The zero-order chi connectivity index (χ0) is 13.1. The van der Waals surface area contributed by atoms with E-state index in [2.05, 4.69) is 0 Å². The van der Waals surface area contributed by atoms with Crippen molar-refractivity contribution < 1.29 is 19.4 Å². The lowest BCUT2D eigenvalue weighted by Crippen LogP contribution is -2.53. The molecule has 5 heteroatoms. The molecule has 5 nitrogen and oxygen atoms in total. The molecule has 1 aliphatic heterocycles. The lowest BCUT2D eigenvalue weighted by molar-refractivity contribution is -0.146. The van der Waals surface area contributed by atoms with Crippen LogP contribution in [0.2, 0.25) is 0 Å². The maximum absolute atomic E-state index is 12.2. The zero-order valence-corrected chi connectivity index (χ0v) is 10.1. The van der Waals surface area contributed by atoms with E-state index >= 15 is 0 Å². The lowest BCUT2D eigenvalue weighted by atomic mass is 9.98. The average molecular weight is 249 g/mol. The SMILES string of the molecule is COCc1ccccc1C(=O)N1CC(C(=O)O)C1. The number of hydrogen-bond donors (Lipinski definition) is 1. The standard InChI is InChI=1S/C13H15NO4/c1-18-8-9-4-2-3-5-11(9)12(15)14-6-10(7-14)13(16)17/h2-5,10H,6-8H2,1H3,(H,16,17). The van der Waals surface area contributed by atoms with Gasteiger partial charge in [-0.3, -0.25) is 9.59 Å². The second kappa shape index (κ2) is 5.18. The smallest absolute Gasteiger partial charge is 0.310 e. The van der Waals surface area contributed by atoms with E-state index in [0.29, 0.717) is 12.2 Å². The van der Waals surface area contributed by atoms with Crippen molar-refractivity contribution in [1.29, 1.82) is 0 Å². The summed E-state index contributed by atoms with van der Waals surface area (Å²) in [6.45, 7) is 0.947. The summed E-state index contributed by atoms with van der Waals surface area (Å²) in [5.74, 6) is -1.40. The molecule has 1 amide bonds. The molecule has 18 heavy (non-hydrogen) atoms. The van der Waals surface area contributed by atoms with Gasteiger partial charge in [-0.1, -0.05) is 18.2 Å². The van der Waals surface area contributed by atoms with Crippen LogP contribution in [0.5, 0.6) is 0 Å². The third-order valence-electron chi connectivity index (χ3n) is 3.07. The predicted octanol–water partition coefficient (Wildman–Crippen LogP) is 0.990.